The number of carbonyl (C=O) groups excluding carboxylic acids is 1. The molecule has 0 saturated heterocycles. The minimum atomic E-state index is -0.188. The van der Waals surface area contributed by atoms with E-state index in [2.05, 4.69) is 22.1 Å². The zero-order valence-electron chi connectivity index (χ0n) is 10.3. The van der Waals surface area contributed by atoms with Gasteiger partial charge in [-0.25, -0.2) is 0 Å². The molecule has 0 radical (unpaired) electrons. The van der Waals surface area contributed by atoms with Gasteiger partial charge in [-0.15, -0.1) is 11.3 Å². The minimum absolute atomic E-state index is 0.184. The molecule has 0 aliphatic carbocycles. The number of amides is 1. The van der Waals surface area contributed by atoms with E-state index in [0.29, 0.717) is 10.6 Å². The van der Waals surface area contributed by atoms with Crippen molar-refractivity contribution < 1.29 is 9.90 Å². The summed E-state index contributed by atoms with van der Waals surface area (Å²) in [5.41, 5.74) is 4.07. The molecule has 2 aromatic rings. The van der Waals surface area contributed by atoms with Crippen LogP contribution in [0, 0.1) is 18.8 Å². The summed E-state index contributed by atoms with van der Waals surface area (Å²) in [5.74, 6) is 5.26. The Balaban J connectivity index is 2.19. The molecule has 4 nitrogen and oxygen atoms in total. The molecule has 0 bridgehead atoms. The Bertz CT molecular complexity index is 639. The lowest BCUT2D eigenvalue weighted by molar-refractivity contribution is 0.103. The molecule has 2 rings (SSSR count). The van der Waals surface area contributed by atoms with E-state index in [0.717, 1.165) is 11.1 Å². The Morgan fingerprint density at radius 3 is 3.05 bits per heavy atom. The molecule has 0 unspecified atom stereocenters. The average Bonchev–Trinajstić information content (AvgIpc) is 2.93. The third-order valence-corrected chi connectivity index (χ3v) is 3.23. The smallest absolute Gasteiger partial charge is 0.267 e. The van der Waals surface area contributed by atoms with Gasteiger partial charge in [0, 0.05) is 11.3 Å². The molecule has 1 aromatic heterocycles. The number of anilines is 1. The molecule has 5 heteroatoms. The summed E-state index contributed by atoms with van der Waals surface area (Å²) in [4.78, 5) is 16.3. The highest BCUT2D eigenvalue weighted by Gasteiger charge is 2.08. The van der Waals surface area contributed by atoms with Gasteiger partial charge in [-0.05, 0) is 24.6 Å². The number of thiazole rings is 1. The third-order valence-electron chi connectivity index (χ3n) is 2.45. The van der Waals surface area contributed by atoms with Gasteiger partial charge < -0.3 is 10.4 Å². The highest BCUT2D eigenvalue weighted by atomic mass is 32.1. The molecule has 96 valence electrons. The highest BCUT2D eigenvalue weighted by Crippen LogP contribution is 2.16. The zero-order valence-corrected chi connectivity index (χ0v) is 11.1. The van der Waals surface area contributed by atoms with Gasteiger partial charge >= 0.3 is 0 Å². The van der Waals surface area contributed by atoms with Gasteiger partial charge in [0.25, 0.3) is 5.91 Å². The predicted octanol–water partition coefficient (Wildman–Crippen LogP) is 2.05. The zero-order chi connectivity index (χ0) is 13.7. The van der Waals surface area contributed by atoms with Crippen LogP contribution in [0.2, 0.25) is 0 Å². The first-order chi connectivity index (χ1) is 9.20. The van der Waals surface area contributed by atoms with Gasteiger partial charge in [0.1, 0.15) is 11.5 Å². The van der Waals surface area contributed by atoms with E-state index in [1.165, 1.54) is 17.5 Å². The van der Waals surface area contributed by atoms with E-state index in [1.54, 1.807) is 11.6 Å². The van der Waals surface area contributed by atoms with Crippen LogP contribution in [0.1, 0.15) is 20.8 Å². The van der Waals surface area contributed by atoms with Crippen LogP contribution in [0.3, 0.4) is 0 Å². The topological polar surface area (TPSA) is 62.2 Å². The van der Waals surface area contributed by atoms with Gasteiger partial charge in [-0.3, -0.25) is 9.78 Å². The number of aliphatic hydroxyl groups is 1. The standard InChI is InChI=1S/C14H12N2O2S/c1-10-4-5-12(7-11(10)3-2-6-17)16-14(18)13-8-15-9-19-13/h4-5,7-9,17H,6H2,1H3,(H,16,18). The molecule has 0 atom stereocenters. The lowest BCUT2D eigenvalue weighted by Crippen LogP contribution is -2.10. The van der Waals surface area contributed by atoms with Crippen molar-refractivity contribution in [1.29, 1.82) is 0 Å². The molecule has 19 heavy (non-hydrogen) atoms. The maximum Gasteiger partial charge on any atom is 0.267 e. The largest absolute Gasteiger partial charge is 0.384 e. The molecule has 0 fully saturated rings. The van der Waals surface area contributed by atoms with E-state index in [-0.39, 0.29) is 12.5 Å². The fourth-order valence-electron chi connectivity index (χ4n) is 1.49. The molecule has 0 aliphatic rings. The van der Waals surface area contributed by atoms with Crippen LogP contribution < -0.4 is 5.32 Å². The quantitative estimate of drug-likeness (QED) is 0.822. The number of nitrogens with zero attached hydrogens (tertiary/aromatic N) is 1. The Hall–Kier alpha value is -2.16. The van der Waals surface area contributed by atoms with Crippen LogP contribution >= 0.6 is 11.3 Å². The van der Waals surface area contributed by atoms with Crippen molar-refractivity contribution in [3.8, 4) is 11.8 Å². The van der Waals surface area contributed by atoms with Crippen LogP contribution in [0.4, 0.5) is 5.69 Å². The maximum atomic E-state index is 11.9. The summed E-state index contributed by atoms with van der Waals surface area (Å²) in [6, 6.07) is 5.49. The number of nitrogens with one attached hydrogen (secondary N) is 1. The summed E-state index contributed by atoms with van der Waals surface area (Å²) in [6.45, 7) is 1.74. The molecule has 1 amide bonds. The van der Waals surface area contributed by atoms with Gasteiger partial charge in [0.05, 0.1) is 11.7 Å². The minimum Gasteiger partial charge on any atom is -0.384 e. The fourth-order valence-corrected chi connectivity index (χ4v) is 2.00. The number of hydrogen-bond acceptors (Lipinski definition) is 4. The number of aromatic nitrogens is 1. The van der Waals surface area contributed by atoms with Crippen LogP contribution in [-0.2, 0) is 0 Å². The Morgan fingerprint density at radius 2 is 2.37 bits per heavy atom. The molecular weight excluding hydrogens is 260 g/mol. The van der Waals surface area contributed by atoms with Crippen LogP contribution in [0.5, 0.6) is 0 Å². The van der Waals surface area contributed by atoms with Gasteiger partial charge in [-0.2, -0.15) is 0 Å². The summed E-state index contributed by atoms with van der Waals surface area (Å²) in [7, 11) is 0. The SMILES string of the molecule is Cc1ccc(NC(=O)c2cncs2)cc1C#CCO. The molecule has 2 N–H and O–H groups in total. The van der Waals surface area contributed by atoms with E-state index in [4.69, 9.17) is 5.11 Å². The molecule has 0 saturated carbocycles. The van der Waals surface area contributed by atoms with E-state index >= 15 is 0 Å². The first-order valence-electron chi connectivity index (χ1n) is 5.61. The summed E-state index contributed by atoms with van der Waals surface area (Å²) in [6.07, 6.45) is 1.53. The van der Waals surface area contributed by atoms with Crippen molar-refractivity contribution in [3.63, 3.8) is 0 Å². The van der Waals surface area contributed by atoms with E-state index in [1.807, 2.05) is 19.1 Å². The van der Waals surface area contributed by atoms with Crippen molar-refractivity contribution in [3.05, 3.63) is 45.9 Å². The second-order valence-electron chi connectivity index (χ2n) is 3.81. The first-order valence-corrected chi connectivity index (χ1v) is 6.49. The molecule has 0 spiro atoms. The van der Waals surface area contributed by atoms with E-state index in [9.17, 15) is 4.79 Å². The van der Waals surface area contributed by atoms with E-state index < -0.39 is 0 Å². The Morgan fingerprint density at radius 1 is 1.53 bits per heavy atom. The number of carbonyl (C=O) groups is 1. The lowest BCUT2D eigenvalue weighted by Gasteiger charge is -2.05. The van der Waals surface area contributed by atoms with Gasteiger partial charge in [0.2, 0.25) is 0 Å². The third kappa shape index (κ3) is 3.41. The Kier molecular flexibility index (Phi) is 4.29. The normalized spacial score (nSPS) is 9.58. The number of hydrogen-bond donors (Lipinski definition) is 2. The van der Waals surface area contributed by atoms with Gasteiger partial charge in [-0.1, -0.05) is 17.9 Å². The van der Waals surface area contributed by atoms with Crippen LogP contribution in [0.25, 0.3) is 0 Å². The number of rotatable bonds is 2. The summed E-state index contributed by atoms with van der Waals surface area (Å²) >= 11 is 1.29. The maximum absolute atomic E-state index is 11.9. The first kappa shape index (κ1) is 13.3. The average molecular weight is 272 g/mol. The second-order valence-corrected chi connectivity index (χ2v) is 4.70. The van der Waals surface area contributed by atoms with Crippen LogP contribution in [0.15, 0.2) is 29.9 Å². The monoisotopic (exact) mass is 272 g/mol. The highest BCUT2D eigenvalue weighted by molar-refractivity contribution is 7.11. The fraction of sp³-hybridized carbons (Fsp3) is 0.143. The summed E-state index contributed by atoms with van der Waals surface area (Å²) in [5, 5.41) is 11.5. The van der Waals surface area contributed by atoms with Crippen LogP contribution in [-0.4, -0.2) is 22.6 Å². The van der Waals surface area contributed by atoms with Crippen molar-refractivity contribution in [2.75, 3.05) is 11.9 Å². The number of aryl methyl sites for hydroxylation is 1. The second kappa shape index (κ2) is 6.14. The van der Waals surface area contributed by atoms with Gasteiger partial charge in [0.15, 0.2) is 0 Å². The molecule has 0 aliphatic heterocycles. The molecule has 1 aromatic carbocycles. The summed E-state index contributed by atoms with van der Waals surface area (Å²) < 4.78 is 0. The van der Waals surface area contributed by atoms with Crippen molar-refractivity contribution in [1.82, 2.24) is 4.98 Å². The molecule has 1 heterocycles. The number of benzene rings is 1. The number of aliphatic hydroxyl groups excluding tert-OH is 1. The molecular formula is C14H12N2O2S. The Labute approximate surface area is 115 Å². The predicted molar refractivity (Wildman–Crippen MR) is 75.2 cm³/mol. The van der Waals surface area contributed by atoms with Crippen molar-refractivity contribution >= 4 is 22.9 Å². The van der Waals surface area contributed by atoms with Crippen molar-refractivity contribution in [2.45, 2.75) is 6.92 Å². The van der Waals surface area contributed by atoms with Crippen molar-refractivity contribution in [2.24, 2.45) is 0 Å². The lowest BCUT2D eigenvalue weighted by atomic mass is 10.1.